The number of rotatable bonds is 7. The summed E-state index contributed by atoms with van der Waals surface area (Å²) < 4.78 is 0. The van der Waals surface area contributed by atoms with Crippen LogP contribution in [0.15, 0.2) is 25.3 Å². The molecule has 3 heteroatoms. The first-order chi connectivity index (χ1) is 6.63. The molecule has 0 saturated carbocycles. The minimum atomic E-state index is -0.192. The maximum absolute atomic E-state index is 11.0. The van der Waals surface area contributed by atoms with Crippen molar-refractivity contribution in [1.29, 1.82) is 0 Å². The summed E-state index contributed by atoms with van der Waals surface area (Å²) >= 11 is 0. The molecule has 0 saturated heterocycles. The Morgan fingerprint density at radius 2 is 1.93 bits per heavy atom. The Morgan fingerprint density at radius 1 is 1.33 bits per heavy atom. The molecule has 1 unspecified atom stereocenters. The lowest BCUT2D eigenvalue weighted by atomic mass is 10.1. The lowest BCUT2D eigenvalue weighted by Gasteiger charge is -2.14. The number of nitrogens with one attached hydrogen (secondary N) is 1. The van der Waals surface area contributed by atoms with Crippen LogP contribution in [0, 0.1) is 0 Å². The second kappa shape index (κ2) is 9.19. The number of amides is 1. The molecule has 3 nitrogen and oxygen atoms in total. The molecule has 0 aromatic rings. The molecule has 0 aliphatic rings. The molecule has 0 aromatic carbocycles. The maximum atomic E-state index is 11.0. The van der Waals surface area contributed by atoms with Gasteiger partial charge in [0.1, 0.15) is 0 Å². The normalized spacial score (nSPS) is 10.7. The zero-order valence-electron chi connectivity index (χ0n) is 8.58. The van der Waals surface area contributed by atoms with Gasteiger partial charge in [-0.1, -0.05) is 27.5 Å². The number of carbonyl (C=O) groups is 2. The van der Waals surface area contributed by atoms with Crippen molar-refractivity contribution in [2.45, 2.75) is 39.7 Å². The Morgan fingerprint density at radius 3 is 2.33 bits per heavy atom. The van der Waals surface area contributed by atoms with Crippen LogP contribution in [0.4, 0.5) is 0 Å². The van der Waals surface area contributed by atoms with Gasteiger partial charge >= 0.3 is 0 Å². The Labute approximate surface area is 92.3 Å². The molecule has 1 amide bonds. The molecule has 0 radical (unpaired) electrons. The second-order valence-electron chi connectivity index (χ2n) is 3.03. The highest BCUT2D eigenvalue weighted by Crippen LogP contribution is 2.02. The number of hydrogen-bond donors (Lipinski definition) is 1. The van der Waals surface area contributed by atoms with E-state index in [0.29, 0.717) is 12.8 Å². The molecule has 0 fully saturated rings. The van der Waals surface area contributed by atoms with E-state index < -0.39 is 0 Å². The quantitative estimate of drug-likeness (QED) is 0.656. The SMILES string of the molecule is C.C=CC(=O)CCC(CC)NC(=O)C=C. The molecule has 0 aliphatic carbocycles. The standard InChI is InChI=1S/C11H17NO2.CH4/c1-4-9(12-11(14)6-3)7-8-10(13)5-2;/h5-6,9H,2-4,7-8H2,1H3,(H,12,14);1H4. The lowest BCUT2D eigenvalue weighted by molar-refractivity contribution is -0.118. The van der Waals surface area contributed by atoms with Gasteiger partial charge < -0.3 is 5.32 Å². The average molecular weight is 211 g/mol. The molecule has 0 heterocycles. The lowest BCUT2D eigenvalue weighted by Crippen LogP contribution is -2.33. The minimum Gasteiger partial charge on any atom is -0.350 e. The summed E-state index contributed by atoms with van der Waals surface area (Å²) in [5.41, 5.74) is 0. The highest BCUT2D eigenvalue weighted by atomic mass is 16.1. The van der Waals surface area contributed by atoms with Crippen LogP contribution in [0.3, 0.4) is 0 Å². The van der Waals surface area contributed by atoms with Gasteiger partial charge in [-0.15, -0.1) is 0 Å². The summed E-state index contributed by atoms with van der Waals surface area (Å²) in [4.78, 5) is 21.9. The fourth-order valence-electron chi connectivity index (χ4n) is 1.06. The van der Waals surface area contributed by atoms with Crippen LogP contribution in [-0.2, 0) is 9.59 Å². The van der Waals surface area contributed by atoms with Gasteiger partial charge in [0.15, 0.2) is 5.78 Å². The van der Waals surface area contributed by atoms with E-state index in [1.807, 2.05) is 6.92 Å². The summed E-state index contributed by atoms with van der Waals surface area (Å²) in [6.07, 6.45) is 4.43. The summed E-state index contributed by atoms with van der Waals surface area (Å²) in [6.45, 7) is 8.72. The maximum Gasteiger partial charge on any atom is 0.243 e. The Balaban J connectivity index is 0. The smallest absolute Gasteiger partial charge is 0.243 e. The second-order valence-corrected chi connectivity index (χ2v) is 3.03. The third kappa shape index (κ3) is 7.67. The van der Waals surface area contributed by atoms with Crippen molar-refractivity contribution in [1.82, 2.24) is 5.32 Å². The summed E-state index contributed by atoms with van der Waals surface area (Å²) in [5.74, 6) is -0.181. The molecule has 86 valence electrons. The number of ketones is 1. The zero-order valence-corrected chi connectivity index (χ0v) is 8.58. The van der Waals surface area contributed by atoms with E-state index in [-0.39, 0.29) is 25.2 Å². The third-order valence-corrected chi connectivity index (χ3v) is 1.99. The van der Waals surface area contributed by atoms with Gasteiger partial charge in [0, 0.05) is 12.5 Å². The summed E-state index contributed by atoms with van der Waals surface area (Å²) in [6, 6.07) is 0.0457. The average Bonchev–Trinajstić information content (AvgIpc) is 2.22. The van der Waals surface area contributed by atoms with Crippen LogP contribution >= 0.6 is 0 Å². The Kier molecular flexibility index (Phi) is 9.84. The van der Waals surface area contributed by atoms with Crippen molar-refractivity contribution in [3.05, 3.63) is 25.3 Å². The van der Waals surface area contributed by atoms with E-state index in [9.17, 15) is 9.59 Å². The molecular weight excluding hydrogens is 190 g/mol. The summed E-state index contributed by atoms with van der Waals surface area (Å²) in [7, 11) is 0. The van der Waals surface area contributed by atoms with E-state index in [1.54, 1.807) is 0 Å². The number of carbonyl (C=O) groups excluding carboxylic acids is 2. The minimum absolute atomic E-state index is 0. The van der Waals surface area contributed by atoms with Crippen LogP contribution in [0.25, 0.3) is 0 Å². The van der Waals surface area contributed by atoms with Crippen LogP contribution in [0.5, 0.6) is 0 Å². The molecule has 0 rings (SSSR count). The predicted octanol–water partition coefficient (Wildman–Crippen LogP) is 2.24. The fraction of sp³-hybridized carbons (Fsp3) is 0.500. The van der Waals surface area contributed by atoms with Crippen molar-refractivity contribution in [3.8, 4) is 0 Å². The van der Waals surface area contributed by atoms with Crippen LogP contribution < -0.4 is 5.32 Å². The van der Waals surface area contributed by atoms with Gasteiger partial charge in [-0.2, -0.15) is 0 Å². The van der Waals surface area contributed by atoms with Gasteiger partial charge in [0.25, 0.3) is 0 Å². The fourth-order valence-corrected chi connectivity index (χ4v) is 1.06. The first-order valence-electron chi connectivity index (χ1n) is 4.72. The van der Waals surface area contributed by atoms with E-state index in [2.05, 4.69) is 18.5 Å². The van der Waals surface area contributed by atoms with Crippen molar-refractivity contribution in [3.63, 3.8) is 0 Å². The van der Waals surface area contributed by atoms with Gasteiger partial charge in [-0.25, -0.2) is 0 Å². The Hall–Kier alpha value is -1.38. The largest absolute Gasteiger partial charge is 0.350 e. The van der Waals surface area contributed by atoms with Gasteiger partial charge in [0.05, 0.1) is 0 Å². The first-order valence-corrected chi connectivity index (χ1v) is 4.72. The van der Waals surface area contributed by atoms with Gasteiger partial charge in [-0.3, -0.25) is 9.59 Å². The zero-order chi connectivity index (χ0) is 11.0. The topological polar surface area (TPSA) is 46.2 Å². The highest BCUT2D eigenvalue weighted by molar-refractivity contribution is 5.89. The number of allylic oxidation sites excluding steroid dienone is 1. The van der Waals surface area contributed by atoms with Crippen molar-refractivity contribution >= 4 is 11.7 Å². The predicted molar refractivity (Wildman–Crippen MR) is 63.6 cm³/mol. The van der Waals surface area contributed by atoms with Crippen molar-refractivity contribution in [2.24, 2.45) is 0 Å². The molecule has 0 aromatic heterocycles. The molecular formula is C12H21NO2. The first kappa shape index (κ1) is 16.1. The third-order valence-electron chi connectivity index (χ3n) is 1.99. The molecule has 0 spiro atoms. The van der Waals surface area contributed by atoms with E-state index >= 15 is 0 Å². The van der Waals surface area contributed by atoms with E-state index in [4.69, 9.17) is 0 Å². The van der Waals surface area contributed by atoms with E-state index in [0.717, 1.165) is 6.42 Å². The van der Waals surface area contributed by atoms with Gasteiger partial charge in [0.2, 0.25) is 5.91 Å². The Bertz CT molecular complexity index is 234. The van der Waals surface area contributed by atoms with Crippen LogP contribution in [-0.4, -0.2) is 17.7 Å². The van der Waals surface area contributed by atoms with Crippen molar-refractivity contribution < 1.29 is 9.59 Å². The van der Waals surface area contributed by atoms with Crippen LogP contribution in [0.1, 0.15) is 33.6 Å². The molecule has 1 N–H and O–H groups in total. The van der Waals surface area contributed by atoms with Crippen LogP contribution in [0.2, 0.25) is 0 Å². The van der Waals surface area contributed by atoms with Gasteiger partial charge in [-0.05, 0) is 25.0 Å². The highest BCUT2D eigenvalue weighted by Gasteiger charge is 2.09. The summed E-state index contributed by atoms with van der Waals surface area (Å²) in [5, 5.41) is 2.75. The molecule has 15 heavy (non-hydrogen) atoms. The molecule has 1 atom stereocenters. The molecule has 0 aliphatic heterocycles. The molecule has 0 bridgehead atoms. The number of hydrogen-bond acceptors (Lipinski definition) is 2. The van der Waals surface area contributed by atoms with Crippen molar-refractivity contribution in [2.75, 3.05) is 0 Å². The monoisotopic (exact) mass is 211 g/mol. The van der Waals surface area contributed by atoms with E-state index in [1.165, 1.54) is 12.2 Å².